The highest BCUT2D eigenvalue weighted by Crippen LogP contribution is 2.07. The van der Waals surface area contributed by atoms with Gasteiger partial charge in [0.15, 0.2) is 0 Å². The van der Waals surface area contributed by atoms with Crippen LogP contribution in [-0.2, 0) is 16.1 Å². The lowest BCUT2D eigenvalue weighted by atomic mass is 10.2. The number of carboxylic acids is 1. The minimum atomic E-state index is -1.12. The lowest BCUT2D eigenvalue weighted by molar-refractivity contribution is -0.158. The predicted molar refractivity (Wildman–Crippen MR) is 81.2 cm³/mol. The van der Waals surface area contributed by atoms with Crippen LogP contribution in [0.1, 0.15) is 15.9 Å². The Morgan fingerprint density at radius 3 is 2.14 bits per heavy atom. The number of aliphatic carboxylic acids is 1. The molecular weight excluding hydrogens is 282 g/mol. The van der Waals surface area contributed by atoms with Crippen LogP contribution in [0.4, 0.5) is 0 Å². The maximum atomic E-state index is 12.3. The van der Waals surface area contributed by atoms with Crippen molar-refractivity contribution in [3.8, 4) is 0 Å². The molecule has 0 fully saturated rings. The highest BCUT2D eigenvalue weighted by atomic mass is 16.7. The standard InChI is InChI=1S/C17H17NO4/c19-16(20)13-18(17(21)15-9-5-2-6-10-15)22-12-11-14-7-3-1-4-8-14/h1-10H,11-13H2,(H,19,20). The van der Waals surface area contributed by atoms with Gasteiger partial charge in [-0.05, 0) is 24.1 Å². The van der Waals surface area contributed by atoms with Crippen LogP contribution in [0.5, 0.6) is 0 Å². The molecule has 5 heteroatoms. The van der Waals surface area contributed by atoms with Crippen molar-refractivity contribution in [3.05, 3.63) is 71.8 Å². The first-order chi connectivity index (χ1) is 10.7. The molecular formula is C17H17NO4. The average molecular weight is 299 g/mol. The zero-order chi connectivity index (χ0) is 15.8. The molecule has 0 bridgehead atoms. The van der Waals surface area contributed by atoms with Crippen LogP contribution in [0.15, 0.2) is 60.7 Å². The Morgan fingerprint density at radius 1 is 0.955 bits per heavy atom. The van der Waals surface area contributed by atoms with Crippen molar-refractivity contribution in [2.24, 2.45) is 0 Å². The fourth-order valence-corrected chi connectivity index (χ4v) is 1.94. The van der Waals surface area contributed by atoms with Gasteiger partial charge < -0.3 is 5.11 Å². The fraction of sp³-hybridized carbons (Fsp3) is 0.176. The number of hydrogen-bond acceptors (Lipinski definition) is 3. The second-order valence-corrected chi connectivity index (χ2v) is 4.67. The summed E-state index contributed by atoms with van der Waals surface area (Å²) < 4.78 is 0. The van der Waals surface area contributed by atoms with Crippen molar-refractivity contribution in [1.29, 1.82) is 0 Å². The molecule has 5 nitrogen and oxygen atoms in total. The number of benzene rings is 2. The summed E-state index contributed by atoms with van der Waals surface area (Å²) in [5.41, 5.74) is 1.45. The highest BCUT2D eigenvalue weighted by Gasteiger charge is 2.19. The van der Waals surface area contributed by atoms with E-state index in [0.717, 1.165) is 10.6 Å². The lowest BCUT2D eigenvalue weighted by Crippen LogP contribution is -2.36. The maximum absolute atomic E-state index is 12.3. The van der Waals surface area contributed by atoms with Gasteiger partial charge >= 0.3 is 5.97 Å². The van der Waals surface area contributed by atoms with Crippen LogP contribution in [0.25, 0.3) is 0 Å². The molecule has 0 unspecified atom stereocenters. The molecule has 1 amide bonds. The smallest absolute Gasteiger partial charge is 0.325 e. The molecule has 0 radical (unpaired) electrons. The zero-order valence-electron chi connectivity index (χ0n) is 12.0. The number of nitrogens with zero attached hydrogens (tertiary/aromatic N) is 1. The summed E-state index contributed by atoms with van der Waals surface area (Å²) >= 11 is 0. The molecule has 1 N–H and O–H groups in total. The molecule has 2 aromatic rings. The van der Waals surface area contributed by atoms with Crippen LogP contribution in [0.3, 0.4) is 0 Å². The molecule has 22 heavy (non-hydrogen) atoms. The summed E-state index contributed by atoms with van der Waals surface area (Å²) in [6, 6.07) is 18.1. The van der Waals surface area contributed by atoms with Gasteiger partial charge in [-0.1, -0.05) is 48.5 Å². The van der Waals surface area contributed by atoms with Gasteiger partial charge in [0, 0.05) is 5.56 Å². The number of hydroxylamine groups is 2. The van der Waals surface area contributed by atoms with Crippen molar-refractivity contribution in [2.45, 2.75) is 6.42 Å². The average Bonchev–Trinajstić information content (AvgIpc) is 2.55. The van der Waals surface area contributed by atoms with Crippen molar-refractivity contribution in [3.63, 3.8) is 0 Å². The van der Waals surface area contributed by atoms with Gasteiger partial charge in [0.2, 0.25) is 0 Å². The number of carboxylic acid groups (broad SMARTS) is 1. The second-order valence-electron chi connectivity index (χ2n) is 4.67. The van der Waals surface area contributed by atoms with E-state index >= 15 is 0 Å². The van der Waals surface area contributed by atoms with E-state index in [1.165, 1.54) is 0 Å². The quantitative estimate of drug-likeness (QED) is 0.797. The largest absolute Gasteiger partial charge is 0.480 e. The van der Waals surface area contributed by atoms with Gasteiger partial charge in [0.25, 0.3) is 5.91 Å². The molecule has 0 saturated carbocycles. The molecule has 0 spiro atoms. The van der Waals surface area contributed by atoms with Crippen molar-refractivity contribution < 1.29 is 19.5 Å². The Bertz CT molecular complexity index is 613. The van der Waals surface area contributed by atoms with E-state index in [2.05, 4.69) is 0 Å². The van der Waals surface area contributed by atoms with Crippen molar-refractivity contribution >= 4 is 11.9 Å². The van der Waals surface area contributed by atoms with Crippen LogP contribution in [0.2, 0.25) is 0 Å². The third kappa shape index (κ3) is 4.71. The molecule has 0 saturated heterocycles. The van der Waals surface area contributed by atoms with Crippen LogP contribution in [-0.4, -0.2) is 35.2 Å². The Hall–Kier alpha value is -2.66. The molecule has 0 atom stereocenters. The summed E-state index contributed by atoms with van der Waals surface area (Å²) in [6.07, 6.45) is 0.596. The van der Waals surface area contributed by atoms with Crippen LogP contribution < -0.4 is 0 Å². The topological polar surface area (TPSA) is 66.8 Å². The van der Waals surface area contributed by atoms with E-state index in [0.29, 0.717) is 12.0 Å². The SMILES string of the molecule is O=C(O)CN(OCCc1ccccc1)C(=O)c1ccccc1. The number of carbonyl (C=O) groups excluding carboxylic acids is 1. The van der Waals surface area contributed by atoms with Crippen LogP contribution in [0, 0.1) is 0 Å². The van der Waals surface area contributed by atoms with E-state index < -0.39 is 18.4 Å². The van der Waals surface area contributed by atoms with E-state index in [1.54, 1.807) is 30.3 Å². The maximum Gasteiger partial charge on any atom is 0.325 e. The Kier molecular flexibility index (Phi) is 5.68. The summed E-state index contributed by atoms with van der Waals surface area (Å²) in [5, 5.41) is 9.81. The molecule has 0 aliphatic carbocycles. The van der Waals surface area contributed by atoms with Gasteiger partial charge in [0.1, 0.15) is 6.54 Å². The fourth-order valence-electron chi connectivity index (χ4n) is 1.94. The van der Waals surface area contributed by atoms with Gasteiger partial charge in [0.05, 0.1) is 6.61 Å². The first kappa shape index (κ1) is 15.7. The molecule has 2 aromatic carbocycles. The Labute approximate surface area is 128 Å². The van der Waals surface area contributed by atoms with E-state index in [-0.39, 0.29) is 6.61 Å². The molecule has 0 aliphatic heterocycles. The number of amides is 1. The molecule has 0 aromatic heterocycles. The molecule has 0 heterocycles. The van der Waals surface area contributed by atoms with Gasteiger partial charge in [-0.25, -0.2) is 5.06 Å². The minimum Gasteiger partial charge on any atom is -0.480 e. The first-order valence-electron chi connectivity index (χ1n) is 6.92. The highest BCUT2D eigenvalue weighted by molar-refractivity contribution is 5.95. The van der Waals surface area contributed by atoms with Crippen LogP contribution >= 0.6 is 0 Å². The van der Waals surface area contributed by atoms with E-state index in [9.17, 15) is 9.59 Å². The van der Waals surface area contributed by atoms with Crippen molar-refractivity contribution in [1.82, 2.24) is 5.06 Å². The monoisotopic (exact) mass is 299 g/mol. The summed E-state index contributed by atoms with van der Waals surface area (Å²) in [6.45, 7) is -0.265. The lowest BCUT2D eigenvalue weighted by Gasteiger charge is -2.20. The molecule has 114 valence electrons. The summed E-state index contributed by atoms with van der Waals surface area (Å²) in [4.78, 5) is 28.5. The first-order valence-corrected chi connectivity index (χ1v) is 6.92. The van der Waals surface area contributed by atoms with Gasteiger partial charge in [-0.15, -0.1) is 0 Å². The Morgan fingerprint density at radius 2 is 1.55 bits per heavy atom. The van der Waals surface area contributed by atoms with E-state index in [4.69, 9.17) is 9.94 Å². The predicted octanol–water partition coefficient (Wildman–Crippen LogP) is 2.39. The summed E-state index contributed by atoms with van der Waals surface area (Å²) in [7, 11) is 0. The normalized spacial score (nSPS) is 10.2. The van der Waals surface area contributed by atoms with E-state index in [1.807, 2.05) is 30.3 Å². The number of rotatable bonds is 7. The third-order valence-electron chi connectivity index (χ3n) is 3.01. The Balaban J connectivity index is 1.97. The van der Waals surface area contributed by atoms with Crippen molar-refractivity contribution in [2.75, 3.05) is 13.2 Å². The number of hydrogen-bond donors (Lipinski definition) is 1. The molecule has 2 rings (SSSR count). The second kappa shape index (κ2) is 7.95. The zero-order valence-corrected chi connectivity index (χ0v) is 12.0. The third-order valence-corrected chi connectivity index (χ3v) is 3.01. The molecule has 0 aliphatic rings. The number of carbonyl (C=O) groups is 2. The van der Waals surface area contributed by atoms with Gasteiger partial charge in [-0.2, -0.15) is 0 Å². The summed E-state index contributed by atoms with van der Waals surface area (Å²) in [5.74, 6) is -1.58. The minimum absolute atomic E-state index is 0.232. The van der Waals surface area contributed by atoms with Gasteiger partial charge in [-0.3, -0.25) is 14.4 Å².